The Balaban J connectivity index is 1.55. The number of hydrogen-bond acceptors (Lipinski definition) is 2. The zero-order valence-corrected chi connectivity index (χ0v) is 17.2. The molecule has 0 saturated carbocycles. The molecular weight excluding hydrogens is 328 g/mol. The Hall–Kier alpha value is -1.64. The molecule has 2 aliphatic rings. The van der Waals surface area contributed by atoms with Crippen molar-refractivity contribution in [2.45, 2.75) is 57.4 Å². The van der Waals surface area contributed by atoms with Gasteiger partial charge < -0.3 is 10.2 Å². The van der Waals surface area contributed by atoms with Crippen LogP contribution in [-0.2, 0) is 11.0 Å². The molecule has 0 radical (unpaired) electrons. The summed E-state index contributed by atoms with van der Waals surface area (Å²) < 4.78 is 0. The van der Waals surface area contributed by atoms with Crippen LogP contribution in [0.5, 0.6) is 0 Å². The normalized spacial score (nSPS) is 23.8. The predicted molar refractivity (Wildman–Crippen MR) is 115 cm³/mol. The predicted octanol–water partition coefficient (Wildman–Crippen LogP) is 5.33. The smallest absolute Gasteiger partial charge is 0.0564 e. The van der Waals surface area contributed by atoms with Gasteiger partial charge in [0.1, 0.15) is 0 Å². The maximum Gasteiger partial charge on any atom is 0.0564 e. The molecule has 0 aromatic heterocycles. The van der Waals surface area contributed by atoms with Gasteiger partial charge in [-0.05, 0) is 73.0 Å². The number of likely N-dealkylation sites (tertiary alicyclic amines) is 1. The summed E-state index contributed by atoms with van der Waals surface area (Å²) >= 11 is 0. The van der Waals surface area contributed by atoms with Crippen molar-refractivity contribution >= 4 is 0 Å². The molecule has 2 nitrogen and oxygen atoms in total. The Kier molecular flexibility index (Phi) is 5.13. The zero-order chi connectivity index (χ0) is 18.9. The van der Waals surface area contributed by atoms with Gasteiger partial charge in [-0.3, -0.25) is 0 Å². The van der Waals surface area contributed by atoms with Crippen molar-refractivity contribution in [3.63, 3.8) is 0 Å². The van der Waals surface area contributed by atoms with Crippen LogP contribution in [0, 0.1) is 0 Å². The molecule has 1 N–H and O–H groups in total. The molecule has 0 unspecified atom stereocenters. The third-order valence-electron chi connectivity index (χ3n) is 6.46. The van der Waals surface area contributed by atoms with E-state index in [1.165, 1.54) is 61.0 Å². The van der Waals surface area contributed by atoms with E-state index in [9.17, 15) is 0 Å². The molecule has 0 spiro atoms. The van der Waals surface area contributed by atoms with E-state index in [1.807, 2.05) is 0 Å². The maximum absolute atomic E-state index is 3.85. The summed E-state index contributed by atoms with van der Waals surface area (Å²) in [4.78, 5) is 2.65. The van der Waals surface area contributed by atoms with Gasteiger partial charge in [-0.15, -0.1) is 0 Å². The number of hydrogen-bond donors (Lipinski definition) is 1. The summed E-state index contributed by atoms with van der Waals surface area (Å²) in [5.41, 5.74) is 5.83. The zero-order valence-electron chi connectivity index (χ0n) is 17.2. The molecule has 0 amide bonds. The first kappa shape index (κ1) is 18.7. The number of benzene rings is 2. The van der Waals surface area contributed by atoms with Crippen molar-refractivity contribution in [2.75, 3.05) is 26.2 Å². The first-order valence-electron chi connectivity index (χ1n) is 10.7. The fraction of sp³-hybridized carbons (Fsp3) is 0.520. The summed E-state index contributed by atoms with van der Waals surface area (Å²) in [6.45, 7) is 11.6. The third kappa shape index (κ3) is 3.97. The minimum Gasteiger partial charge on any atom is -0.306 e. The second-order valence-corrected chi connectivity index (χ2v) is 9.50. The highest BCUT2D eigenvalue weighted by atomic mass is 15.2. The van der Waals surface area contributed by atoms with Gasteiger partial charge in [0, 0.05) is 6.54 Å². The molecule has 2 saturated heterocycles. The lowest BCUT2D eigenvalue weighted by Gasteiger charge is -2.34. The molecule has 144 valence electrons. The summed E-state index contributed by atoms with van der Waals surface area (Å²) in [6, 6.07) is 18.4. The molecule has 2 heterocycles. The van der Waals surface area contributed by atoms with Crippen LogP contribution in [0.4, 0.5) is 0 Å². The largest absolute Gasteiger partial charge is 0.306 e. The Labute approximate surface area is 165 Å². The molecule has 1 atom stereocenters. The molecule has 0 aliphatic carbocycles. The SMILES string of the molecule is CC(C)(C)c1ccc(-c2ccc([C@]3(CN4CCCC4)CCCN3)cc2)cc1. The fourth-order valence-corrected chi connectivity index (χ4v) is 4.75. The average Bonchev–Trinajstić information content (AvgIpc) is 3.34. The maximum atomic E-state index is 3.85. The third-order valence-corrected chi connectivity index (χ3v) is 6.46. The van der Waals surface area contributed by atoms with Crippen LogP contribution >= 0.6 is 0 Å². The molecule has 0 bridgehead atoms. The van der Waals surface area contributed by atoms with Crippen LogP contribution in [0.2, 0.25) is 0 Å². The van der Waals surface area contributed by atoms with Gasteiger partial charge in [0.2, 0.25) is 0 Å². The lowest BCUT2D eigenvalue weighted by molar-refractivity contribution is 0.227. The highest BCUT2D eigenvalue weighted by Crippen LogP contribution is 2.34. The Morgan fingerprint density at radius 2 is 1.44 bits per heavy atom. The Morgan fingerprint density at radius 1 is 0.852 bits per heavy atom. The lowest BCUT2D eigenvalue weighted by atomic mass is 9.85. The average molecular weight is 363 g/mol. The standard InChI is InChI=1S/C25H34N2/c1-24(2,3)22-11-7-20(8-12-22)21-9-13-23(14-10-21)25(15-6-16-26-25)19-27-17-4-5-18-27/h7-14,26H,4-6,15-19H2,1-3H3/t25-/m1/s1. The first-order chi connectivity index (χ1) is 13.0. The molecular formula is C25H34N2. The van der Waals surface area contributed by atoms with Gasteiger partial charge in [-0.25, -0.2) is 0 Å². The molecule has 2 aromatic rings. The van der Waals surface area contributed by atoms with Crippen molar-refractivity contribution in [1.29, 1.82) is 0 Å². The van der Waals surface area contributed by atoms with Crippen molar-refractivity contribution in [3.05, 3.63) is 59.7 Å². The van der Waals surface area contributed by atoms with E-state index in [1.54, 1.807) is 0 Å². The van der Waals surface area contributed by atoms with Crippen LogP contribution in [0.1, 0.15) is 57.6 Å². The van der Waals surface area contributed by atoms with E-state index in [2.05, 4.69) is 79.5 Å². The van der Waals surface area contributed by atoms with Gasteiger partial charge in [-0.1, -0.05) is 69.3 Å². The van der Waals surface area contributed by atoms with E-state index in [0.29, 0.717) is 0 Å². The Bertz CT molecular complexity index is 740. The molecule has 4 rings (SSSR count). The highest BCUT2D eigenvalue weighted by molar-refractivity contribution is 5.64. The second kappa shape index (κ2) is 7.41. The lowest BCUT2D eigenvalue weighted by Crippen LogP contribution is -2.46. The van der Waals surface area contributed by atoms with E-state index in [4.69, 9.17) is 0 Å². The van der Waals surface area contributed by atoms with Gasteiger partial charge in [0.25, 0.3) is 0 Å². The van der Waals surface area contributed by atoms with Gasteiger partial charge in [0.05, 0.1) is 5.54 Å². The fourth-order valence-electron chi connectivity index (χ4n) is 4.75. The van der Waals surface area contributed by atoms with Crippen molar-refractivity contribution in [2.24, 2.45) is 0 Å². The van der Waals surface area contributed by atoms with Gasteiger partial charge >= 0.3 is 0 Å². The summed E-state index contributed by atoms with van der Waals surface area (Å²) in [6.07, 6.45) is 5.26. The van der Waals surface area contributed by atoms with Gasteiger partial charge in [0.15, 0.2) is 0 Å². The van der Waals surface area contributed by atoms with Crippen LogP contribution in [0.15, 0.2) is 48.5 Å². The van der Waals surface area contributed by atoms with Crippen LogP contribution in [0.25, 0.3) is 11.1 Å². The number of nitrogens with one attached hydrogen (secondary N) is 1. The van der Waals surface area contributed by atoms with Crippen molar-refractivity contribution in [3.8, 4) is 11.1 Å². The summed E-state index contributed by atoms with van der Waals surface area (Å²) in [5.74, 6) is 0. The number of rotatable bonds is 4. The van der Waals surface area contributed by atoms with Crippen LogP contribution < -0.4 is 5.32 Å². The minimum atomic E-state index is 0.152. The van der Waals surface area contributed by atoms with Crippen molar-refractivity contribution in [1.82, 2.24) is 10.2 Å². The van der Waals surface area contributed by atoms with E-state index >= 15 is 0 Å². The van der Waals surface area contributed by atoms with Gasteiger partial charge in [-0.2, -0.15) is 0 Å². The first-order valence-corrected chi connectivity index (χ1v) is 10.7. The van der Waals surface area contributed by atoms with Crippen molar-refractivity contribution < 1.29 is 0 Å². The van der Waals surface area contributed by atoms with Crippen LogP contribution in [-0.4, -0.2) is 31.1 Å². The molecule has 2 heteroatoms. The summed E-state index contributed by atoms with van der Waals surface area (Å²) in [7, 11) is 0. The van der Waals surface area contributed by atoms with E-state index in [0.717, 1.165) is 13.1 Å². The summed E-state index contributed by atoms with van der Waals surface area (Å²) in [5, 5.41) is 3.85. The molecule has 2 fully saturated rings. The Morgan fingerprint density at radius 3 is 1.96 bits per heavy atom. The minimum absolute atomic E-state index is 0.152. The monoisotopic (exact) mass is 362 g/mol. The topological polar surface area (TPSA) is 15.3 Å². The highest BCUT2D eigenvalue weighted by Gasteiger charge is 2.37. The molecule has 2 aromatic carbocycles. The quantitative estimate of drug-likeness (QED) is 0.791. The van der Waals surface area contributed by atoms with E-state index in [-0.39, 0.29) is 11.0 Å². The van der Waals surface area contributed by atoms with Crippen LogP contribution in [0.3, 0.4) is 0 Å². The van der Waals surface area contributed by atoms with E-state index < -0.39 is 0 Å². The second-order valence-electron chi connectivity index (χ2n) is 9.50. The number of nitrogens with zero attached hydrogens (tertiary/aromatic N) is 1. The molecule has 27 heavy (non-hydrogen) atoms. The molecule has 2 aliphatic heterocycles.